The topological polar surface area (TPSA) is 118 Å². The van der Waals surface area contributed by atoms with Crippen LogP contribution in [0.1, 0.15) is 49.9 Å². The van der Waals surface area contributed by atoms with Crippen LogP contribution >= 0.6 is 0 Å². The van der Waals surface area contributed by atoms with Crippen LogP contribution in [0.4, 0.5) is 5.69 Å². The Morgan fingerprint density at radius 1 is 0.875 bits per heavy atom. The minimum atomic E-state index is -5.28. The van der Waals surface area contributed by atoms with E-state index in [4.69, 9.17) is 0 Å². The van der Waals surface area contributed by atoms with Gasteiger partial charge in [0.15, 0.2) is 5.71 Å². The third-order valence-electron chi connectivity index (χ3n) is 6.85. The number of benzene rings is 2. The molecule has 0 heterocycles. The van der Waals surface area contributed by atoms with E-state index in [0.29, 0.717) is 16.7 Å². The second kappa shape index (κ2) is 13.7. The number of anilines is 1. The summed E-state index contributed by atoms with van der Waals surface area (Å²) in [7, 11) is -10.4. The quantitative estimate of drug-likeness (QED) is 0.203. The molecule has 3 rings (SSSR count). The van der Waals surface area contributed by atoms with E-state index in [1.165, 1.54) is 6.92 Å². The Balaban J connectivity index is 0.00000560. The number of hydrogen-bond acceptors (Lipinski definition) is 6. The van der Waals surface area contributed by atoms with Crippen molar-refractivity contribution in [2.45, 2.75) is 51.3 Å². The molecule has 2 aromatic carbocycles. The molecule has 1 aliphatic rings. The van der Waals surface area contributed by atoms with E-state index < -0.39 is 30.0 Å². The third-order valence-corrected chi connectivity index (χ3v) is 8.91. The smallest absolute Gasteiger partial charge is 0.754 e. The number of allylic oxidation sites excluding steroid dienone is 5. The molecule has 8 nitrogen and oxygen atoms in total. The SMILES string of the molecule is CCN(CC)c1ccc(C(=C2C=CC(=[N+](CC)CC)C=C2)c2c(C)[c-]c(C)c(S(=O)(=O)[O-])c2S(=O)(=O)O)cc1.[Na+]. The van der Waals surface area contributed by atoms with Crippen molar-refractivity contribution in [3.63, 3.8) is 0 Å². The fraction of sp³-hybridized carbons (Fsp3) is 0.345. The van der Waals surface area contributed by atoms with Gasteiger partial charge < -0.3 is 9.45 Å². The average molecular weight is 595 g/mol. The Hall–Kier alpha value is -2.05. The van der Waals surface area contributed by atoms with Crippen molar-refractivity contribution in [3.8, 4) is 0 Å². The van der Waals surface area contributed by atoms with Gasteiger partial charge in [-0.05, 0) is 68.0 Å². The van der Waals surface area contributed by atoms with Gasteiger partial charge in [0, 0.05) is 35.8 Å². The van der Waals surface area contributed by atoms with Crippen LogP contribution in [0.15, 0.2) is 63.9 Å². The van der Waals surface area contributed by atoms with Gasteiger partial charge in [-0.15, -0.1) is 11.1 Å². The largest absolute Gasteiger partial charge is 1.00 e. The molecule has 0 unspecified atom stereocenters. The summed E-state index contributed by atoms with van der Waals surface area (Å²) in [5, 5.41) is 0. The van der Waals surface area contributed by atoms with E-state index >= 15 is 0 Å². The molecule has 0 radical (unpaired) electrons. The van der Waals surface area contributed by atoms with Gasteiger partial charge in [0.1, 0.15) is 13.1 Å². The third kappa shape index (κ3) is 7.23. The predicted molar refractivity (Wildman–Crippen MR) is 153 cm³/mol. The zero-order chi connectivity index (χ0) is 29.1. The molecule has 0 spiro atoms. The first-order chi connectivity index (χ1) is 18.3. The molecule has 0 fully saturated rings. The molecule has 40 heavy (non-hydrogen) atoms. The molecule has 0 amide bonds. The van der Waals surface area contributed by atoms with Gasteiger partial charge in [0.05, 0.1) is 10.1 Å². The van der Waals surface area contributed by atoms with Gasteiger partial charge in [0.2, 0.25) is 0 Å². The predicted octanol–water partition coefficient (Wildman–Crippen LogP) is 1.53. The molecule has 1 aliphatic carbocycles. The van der Waals surface area contributed by atoms with Crippen LogP contribution in [0.2, 0.25) is 0 Å². The Kier molecular flexibility index (Phi) is 11.7. The standard InChI is InChI=1S/C29H36N2O6S2.Na/c1-7-30(8-2)24-15-11-22(12-16-24)27(23-13-17-25(18-14-23)31(9-3)10-4)26-20(5)19-21(6)28(38(32,33)34)29(26)39(35,36)37;/h11-18H,7-10H2,1-6H3,(H,32,33,34)(H,35,36,37);/q;+1/p-1. The van der Waals surface area contributed by atoms with Crippen molar-refractivity contribution in [3.05, 3.63) is 82.5 Å². The minimum Gasteiger partial charge on any atom is -0.754 e. The van der Waals surface area contributed by atoms with E-state index in [2.05, 4.69) is 15.5 Å². The van der Waals surface area contributed by atoms with Crippen LogP contribution in [0.25, 0.3) is 5.57 Å². The van der Waals surface area contributed by atoms with Crippen molar-refractivity contribution in [2.24, 2.45) is 0 Å². The van der Waals surface area contributed by atoms with Crippen LogP contribution in [0, 0.1) is 19.9 Å². The number of aryl methyl sites for hydroxylation is 2. The van der Waals surface area contributed by atoms with Crippen LogP contribution in [0.5, 0.6) is 0 Å². The van der Waals surface area contributed by atoms with E-state index in [1.807, 2.05) is 76.3 Å². The van der Waals surface area contributed by atoms with Crippen molar-refractivity contribution < 1.29 is 60.1 Å². The Morgan fingerprint density at radius 2 is 1.40 bits per heavy atom. The number of rotatable bonds is 9. The summed E-state index contributed by atoms with van der Waals surface area (Å²) >= 11 is 0. The van der Waals surface area contributed by atoms with Crippen molar-refractivity contribution in [1.29, 1.82) is 0 Å². The van der Waals surface area contributed by atoms with Gasteiger partial charge in [-0.25, -0.2) is 4.58 Å². The van der Waals surface area contributed by atoms with Crippen LogP contribution in [-0.4, -0.2) is 62.4 Å². The van der Waals surface area contributed by atoms with E-state index in [-0.39, 0.29) is 46.2 Å². The minimum absolute atomic E-state index is 0. The van der Waals surface area contributed by atoms with E-state index in [1.54, 1.807) is 6.92 Å². The van der Waals surface area contributed by atoms with E-state index in [0.717, 1.165) is 37.6 Å². The second-order valence-corrected chi connectivity index (χ2v) is 11.8. The maximum absolute atomic E-state index is 12.7. The van der Waals surface area contributed by atoms with Crippen molar-refractivity contribution in [2.75, 3.05) is 31.1 Å². The first-order valence-corrected chi connectivity index (χ1v) is 15.7. The van der Waals surface area contributed by atoms with Crippen LogP contribution in [-0.2, 0) is 20.2 Å². The summed E-state index contributed by atoms with van der Waals surface area (Å²) in [5.41, 5.74) is 3.48. The molecule has 0 aromatic heterocycles. The van der Waals surface area contributed by atoms with Crippen LogP contribution < -0.4 is 34.5 Å². The maximum Gasteiger partial charge on any atom is 1.00 e. The second-order valence-electron chi connectivity index (χ2n) is 9.15. The van der Waals surface area contributed by atoms with Gasteiger partial charge in [0.25, 0.3) is 10.1 Å². The molecular formula is C29H35N2NaO6S2. The molecule has 1 N–H and O–H groups in total. The Labute approximate surface area is 260 Å². The maximum atomic E-state index is 12.7. The summed E-state index contributed by atoms with van der Waals surface area (Å²) in [6.07, 6.45) is 7.44. The Morgan fingerprint density at radius 3 is 1.82 bits per heavy atom. The number of nitrogens with zero attached hydrogens (tertiary/aromatic N) is 2. The van der Waals surface area contributed by atoms with E-state index in [9.17, 15) is 25.9 Å². The number of hydrogen-bond donors (Lipinski definition) is 1. The first kappa shape index (κ1) is 34.2. The summed E-state index contributed by atoms with van der Waals surface area (Å²) in [5.74, 6) is 0. The summed E-state index contributed by atoms with van der Waals surface area (Å²) in [6, 6.07) is 10.3. The van der Waals surface area contributed by atoms with Crippen LogP contribution in [0.3, 0.4) is 0 Å². The first-order valence-electron chi connectivity index (χ1n) is 12.9. The normalized spacial score (nSPS) is 13.3. The molecular weight excluding hydrogens is 559 g/mol. The fourth-order valence-electron chi connectivity index (χ4n) is 5.01. The van der Waals surface area contributed by atoms with Gasteiger partial charge in [-0.3, -0.25) is 13.0 Å². The Bertz CT molecular complexity index is 1580. The summed E-state index contributed by atoms with van der Waals surface area (Å²) in [4.78, 5) is 0.225. The fourth-order valence-corrected chi connectivity index (χ4v) is 7.29. The zero-order valence-electron chi connectivity index (χ0n) is 24.1. The summed E-state index contributed by atoms with van der Waals surface area (Å²) in [6.45, 7) is 14.2. The molecule has 2 aromatic rings. The van der Waals surface area contributed by atoms with Gasteiger partial charge in [-0.1, -0.05) is 31.6 Å². The molecule has 0 atom stereocenters. The zero-order valence-corrected chi connectivity index (χ0v) is 27.8. The average Bonchev–Trinajstić information content (AvgIpc) is 2.87. The van der Waals surface area contributed by atoms with Gasteiger partial charge in [-0.2, -0.15) is 20.0 Å². The monoisotopic (exact) mass is 594 g/mol. The summed E-state index contributed by atoms with van der Waals surface area (Å²) < 4.78 is 74.8. The molecule has 0 bridgehead atoms. The molecule has 0 saturated heterocycles. The van der Waals surface area contributed by atoms with Gasteiger partial charge >= 0.3 is 29.6 Å². The van der Waals surface area contributed by atoms with Crippen molar-refractivity contribution in [1.82, 2.24) is 0 Å². The molecule has 11 heteroatoms. The molecule has 210 valence electrons. The van der Waals surface area contributed by atoms with Crippen molar-refractivity contribution >= 4 is 37.2 Å². The molecule has 0 saturated carbocycles. The molecule has 0 aliphatic heterocycles.